The third kappa shape index (κ3) is 3.85. The Morgan fingerprint density at radius 3 is 2.62 bits per heavy atom. The number of Topliss-reactive ketones (excluding diaryl/α,β-unsaturated/α-hetero) is 1. The lowest BCUT2D eigenvalue weighted by Crippen LogP contribution is -2.35. The molecule has 1 saturated heterocycles. The lowest BCUT2D eigenvalue weighted by Gasteiger charge is -2.18. The molecule has 0 aromatic rings. The summed E-state index contributed by atoms with van der Waals surface area (Å²) in [5.74, 6) is 0.392. The molecule has 1 rings (SSSR count). The van der Waals surface area contributed by atoms with Gasteiger partial charge in [-0.05, 0) is 12.8 Å². The van der Waals surface area contributed by atoms with Crippen LogP contribution in [0.15, 0.2) is 0 Å². The van der Waals surface area contributed by atoms with Crippen molar-refractivity contribution in [3.8, 4) is 0 Å². The minimum Gasteiger partial charge on any atom is -0.304 e. The summed E-state index contributed by atoms with van der Waals surface area (Å²) < 4.78 is 13.0. The van der Waals surface area contributed by atoms with Crippen LogP contribution in [0.2, 0.25) is 0 Å². The van der Waals surface area contributed by atoms with Crippen molar-refractivity contribution in [2.24, 2.45) is 5.92 Å². The van der Waals surface area contributed by atoms with E-state index in [1.54, 1.807) is 0 Å². The Morgan fingerprint density at radius 1 is 1.38 bits per heavy atom. The van der Waals surface area contributed by atoms with Crippen LogP contribution in [0.5, 0.6) is 0 Å². The van der Waals surface area contributed by atoms with Crippen LogP contribution in [0, 0.1) is 5.92 Å². The summed E-state index contributed by atoms with van der Waals surface area (Å²) in [6.45, 7) is 4.59. The van der Waals surface area contributed by atoms with Crippen LogP contribution in [0.4, 0.5) is 4.39 Å². The van der Waals surface area contributed by atoms with Gasteiger partial charge >= 0.3 is 0 Å². The molecule has 3 atom stereocenters. The first-order valence-corrected chi connectivity index (χ1v) is 6.60. The highest BCUT2D eigenvalue weighted by Crippen LogP contribution is 2.21. The van der Waals surface area contributed by atoms with Gasteiger partial charge in [0.25, 0.3) is 0 Å². The molecule has 0 saturated carbocycles. The molecular weight excluding hydrogens is 205 g/mol. The fourth-order valence-corrected chi connectivity index (χ4v) is 2.42. The van der Waals surface area contributed by atoms with E-state index < -0.39 is 6.17 Å². The molecule has 1 fully saturated rings. The zero-order valence-corrected chi connectivity index (χ0v) is 10.5. The van der Waals surface area contributed by atoms with Crippen molar-refractivity contribution in [3.05, 3.63) is 0 Å². The largest absolute Gasteiger partial charge is 0.304 e. The Labute approximate surface area is 98.0 Å². The van der Waals surface area contributed by atoms with Crippen LogP contribution >= 0.6 is 0 Å². The maximum absolute atomic E-state index is 13.0. The lowest BCUT2D eigenvalue weighted by atomic mass is 9.88. The summed E-state index contributed by atoms with van der Waals surface area (Å²) in [5, 5.41) is 3.00. The van der Waals surface area contributed by atoms with Gasteiger partial charge in [-0.1, -0.05) is 33.1 Å². The van der Waals surface area contributed by atoms with E-state index in [1.807, 2.05) is 0 Å². The van der Waals surface area contributed by atoms with Gasteiger partial charge in [-0.15, -0.1) is 0 Å². The first-order valence-electron chi connectivity index (χ1n) is 6.60. The van der Waals surface area contributed by atoms with E-state index in [2.05, 4.69) is 19.2 Å². The standard InChI is InChI=1S/C13H24FNO/c1-3-5-7-10(6-4-2)13(16)12-8-11(14)9-15-12/h10-12,15H,3-9H2,1-2H3/t10?,11-,12-/m0/s1. The second kappa shape index (κ2) is 7.00. The minimum atomic E-state index is -0.831. The second-order valence-electron chi connectivity index (χ2n) is 4.82. The average Bonchev–Trinajstić information content (AvgIpc) is 2.70. The van der Waals surface area contributed by atoms with Crippen molar-refractivity contribution in [1.29, 1.82) is 0 Å². The average molecular weight is 229 g/mol. The third-order valence-corrected chi connectivity index (χ3v) is 3.37. The first-order chi connectivity index (χ1) is 7.69. The number of unbranched alkanes of at least 4 members (excludes halogenated alkanes) is 1. The molecule has 94 valence electrons. The molecule has 1 N–H and O–H groups in total. The maximum Gasteiger partial charge on any atom is 0.152 e. The SMILES string of the molecule is CCCCC(CCC)C(=O)[C@@H]1C[C@H](F)CN1. The maximum atomic E-state index is 13.0. The number of carbonyl (C=O) groups excluding carboxylic acids is 1. The van der Waals surface area contributed by atoms with Crippen molar-refractivity contribution in [2.75, 3.05) is 6.54 Å². The Morgan fingerprint density at radius 2 is 2.12 bits per heavy atom. The Balaban J connectivity index is 2.45. The molecule has 1 heterocycles. The van der Waals surface area contributed by atoms with Crippen LogP contribution < -0.4 is 5.32 Å². The number of ketones is 1. The van der Waals surface area contributed by atoms with Gasteiger partial charge < -0.3 is 5.32 Å². The molecule has 1 aliphatic rings. The molecule has 0 aromatic heterocycles. The van der Waals surface area contributed by atoms with Crippen molar-refractivity contribution >= 4 is 5.78 Å². The molecule has 0 spiro atoms. The fourth-order valence-electron chi connectivity index (χ4n) is 2.42. The van der Waals surface area contributed by atoms with E-state index in [1.165, 1.54) is 0 Å². The molecule has 16 heavy (non-hydrogen) atoms. The van der Waals surface area contributed by atoms with Crippen LogP contribution in [0.1, 0.15) is 52.4 Å². The molecule has 0 radical (unpaired) electrons. The topological polar surface area (TPSA) is 29.1 Å². The Bertz CT molecular complexity index is 220. The summed E-state index contributed by atoms with van der Waals surface area (Å²) in [6.07, 6.45) is 4.73. The van der Waals surface area contributed by atoms with Gasteiger partial charge in [0.1, 0.15) is 6.17 Å². The number of carbonyl (C=O) groups is 1. The lowest BCUT2D eigenvalue weighted by molar-refractivity contribution is -0.125. The normalized spacial score (nSPS) is 26.9. The van der Waals surface area contributed by atoms with Gasteiger partial charge in [0.15, 0.2) is 5.78 Å². The van der Waals surface area contributed by atoms with Crippen LogP contribution in [0.3, 0.4) is 0 Å². The number of hydrogen-bond acceptors (Lipinski definition) is 2. The summed E-state index contributed by atoms with van der Waals surface area (Å²) in [6, 6.07) is -0.219. The molecular formula is C13H24FNO. The van der Waals surface area contributed by atoms with Crippen LogP contribution in [0.25, 0.3) is 0 Å². The van der Waals surface area contributed by atoms with E-state index in [0.29, 0.717) is 13.0 Å². The van der Waals surface area contributed by atoms with Gasteiger partial charge in [0.05, 0.1) is 6.04 Å². The predicted molar refractivity (Wildman–Crippen MR) is 64.2 cm³/mol. The van der Waals surface area contributed by atoms with Crippen LogP contribution in [-0.4, -0.2) is 24.5 Å². The van der Waals surface area contributed by atoms with Crippen molar-refractivity contribution in [2.45, 2.75) is 64.6 Å². The Hall–Kier alpha value is -0.440. The van der Waals surface area contributed by atoms with Crippen molar-refractivity contribution in [3.63, 3.8) is 0 Å². The van der Waals surface area contributed by atoms with Crippen molar-refractivity contribution < 1.29 is 9.18 Å². The smallest absolute Gasteiger partial charge is 0.152 e. The second-order valence-corrected chi connectivity index (χ2v) is 4.82. The molecule has 1 unspecified atom stereocenters. The highest BCUT2D eigenvalue weighted by Gasteiger charge is 2.32. The molecule has 3 heteroatoms. The number of hydrogen-bond donors (Lipinski definition) is 1. The van der Waals surface area contributed by atoms with Gasteiger partial charge in [0, 0.05) is 18.9 Å². The van der Waals surface area contributed by atoms with Gasteiger partial charge in [-0.25, -0.2) is 4.39 Å². The van der Waals surface area contributed by atoms with E-state index in [0.717, 1.165) is 32.1 Å². The summed E-state index contributed by atoms with van der Waals surface area (Å²) >= 11 is 0. The molecule has 0 amide bonds. The fraction of sp³-hybridized carbons (Fsp3) is 0.923. The third-order valence-electron chi connectivity index (χ3n) is 3.37. The minimum absolute atomic E-state index is 0.146. The highest BCUT2D eigenvalue weighted by atomic mass is 19.1. The molecule has 1 aliphatic heterocycles. The number of rotatable bonds is 7. The molecule has 0 bridgehead atoms. The number of nitrogens with one attached hydrogen (secondary N) is 1. The monoisotopic (exact) mass is 229 g/mol. The highest BCUT2D eigenvalue weighted by molar-refractivity contribution is 5.86. The van der Waals surface area contributed by atoms with Gasteiger partial charge in [0.2, 0.25) is 0 Å². The predicted octanol–water partition coefficient (Wildman–Crippen LogP) is 2.86. The molecule has 0 aromatic carbocycles. The van der Waals surface area contributed by atoms with Crippen molar-refractivity contribution in [1.82, 2.24) is 5.32 Å². The number of halogens is 1. The van der Waals surface area contributed by atoms with E-state index >= 15 is 0 Å². The first kappa shape index (κ1) is 13.6. The van der Waals surface area contributed by atoms with E-state index in [4.69, 9.17) is 0 Å². The van der Waals surface area contributed by atoms with E-state index in [-0.39, 0.29) is 17.7 Å². The van der Waals surface area contributed by atoms with Gasteiger partial charge in [-0.3, -0.25) is 4.79 Å². The summed E-state index contributed by atoms with van der Waals surface area (Å²) in [4.78, 5) is 12.2. The Kier molecular flexibility index (Phi) is 5.96. The zero-order chi connectivity index (χ0) is 12.0. The molecule has 0 aliphatic carbocycles. The van der Waals surface area contributed by atoms with Crippen LogP contribution in [-0.2, 0) is 4.79 Å². The summed E-state index contributed by atoms with van der Waals surface area (Å²) in [7, 11) is 0. The van der Waals surface area contributed by atoms with E-state index in [9.17, 15) is 9.18 Å². The molecule has 2 nitrogen and oxygen atoms in total. The zero-order valence-electron chi connectivity index (χ0n) is 10.5. The summed E-state index contributed by atoms with van der Waals surface area (Å²) in [5.41, 5.74) is 0. The van der Waals surface area contributed by atoms with Gasteiger partial charge in [-0.2, -0.15) is 0 Å². The quantitative estimate of drug-likeness (QED) is 0.727. The number of alkyl halides is 1.